The van der Waals surface area contributed by atoms with E-state index in [4.69, 9.17) is 19.3 Å². The Morgan fingerprint density at radius 1 is 0.640 bits per heavy atom. The summed E-state index contributed by atoms with van der Waals surface area (Å²) in [6.45, 7) is 3.40. The normalized spacial score (nSPS) is 13.8. The van der Waals surface area contributed by atoms with Crippen LogP contribution in [-0.2, 0) is 28.2 Å². The molecule has 10 heteroatoms. The van der Waals surface area contributed by atoms with Crippen molar-refractivity contribution in [2.24, 2.45) is 0 Å². The predicted molar refractivity (Wildman–Crippen MR) is 203 cm³/mol. The number of hydrogen-bond donors (Lipinski definition) is 3. The van der Waals surface area contributed by atoms with E-state index >= 15 is 0 Å². The van der Waals surface area contributed by atoms with Crippen LogP contribution in [0.1, 0.15) is 155 Å². The molecule has 0 fully saturated rings. The van der Waals surface area contributed by atoms with Crippen LogP contribution in [0, 0.1) is 0 Å². The zero-order valence-electron chi connectivity index (χ0n) is 31.1. The largest absolute Gasteiger partial charge is 0.469 e. The summed E-state index contributed by atoms with van der Waals surface area (Å²) in [5.74, 6) is -0.956. The molecule has 3 N–H and O–H groups in total. The van der Waals surface area contributed by atoms with Gasteiger partial charge in [0.2, 0.25) is 0 Å². The highest BCUT2D eigenvalue weighted by Crippen LogP contribution is 2.36. The van der Waals surface area contributed by atoms with Crippen molar-refractivity contribution in [2.45, 2.75) is 167 Å². The fraction of sp³-hybridized carbons (Fsp3) is 0.700. The molecule has 9 nitrogen and oxygen atoms in total. The van der Waals surface area contributed by atoms with Crippen molar-refractivity contribution in [1.29, 1.82) is 0 Å². The van der Waals surface area contributed by atoms with Gasteiger partial charge in [-0.2, -0.15) is 0 Å². The third-order valence-corrected chi connectivity index (χ3v) is 8.34. The van der Waals surface area contributed by atoms with E-state index in [1.807, 2.05) is 24.3 Å². The smallest absolute Gasteiger partial charge is 0.462 e. The number of esters is 2. The average Bonchev–Trinajstić information content (AvgIpc) is 3.07. The number of rotatable bonds is 34. The first kappa shape index (κ1) is 47.7. The van der Waals surface area contributed by atoms with Crippen LogP contribution < -0.4 is 0 Å². The lowest BCUT2D eigenvalue weighted by atomic mass is 10.1. The van der Waals surface area contributed by atoms with E-state index in [1.54, 1.807) is 6.08 Å². The Morgan fingerprint density at radius 2 is 1.20 bits per heavy atom. The van der Waals surface area contributed by atoms with Gasteiger partial charge in [0.1, 0.15) is 6.61 Å². The molecule has 2 atom stereocenters. The monoisotopic (exact) mass is 724 g/mol. The second kappa shape index (κ2) is 35.1. The molecular weight excluding hydrogens is 655 g/mol. The summed E-state index contributed by atoms with van der Waals surface area (Å²) in [6.07, 6.45) is 39.8. The van der Waals surface area contributed by atoms with Crippen LogP contribution in [0.2, 0.25) is 0 Å². The molecule has 288 valence electrons. The topological polar surface area (TPSA) is 140 Å². The lowest BCUT2D eigenvalue weighted by Crippen LogP contribution is -2.29. The molecule has 0 spiro atoms. The van der Waals surface area contributed by atoms with Crippen LogP contribution in [-0.4, -0.2) is 52.3 Å². The number of ether oxygens (including phenoxy) is 2. The molecule has 0 aromatic carbocycles. The van der Waals surface area contributed by atoms with E-state index in [0.29, 0.717) is 19.3 Å². The van der Waals surface area contributed by atoms with Crippen LogP contribution in [0.15, 0.2) is 60.8 Å². The highest BCUT2D eigenvalue weighted by atomic mass is 31.2. The molecule has 0 aromatic heterocycles. The maximum Gasteiger partial charge on any atom is 0.469 e. The molecule has 0 rings (SSSR count). The summed E-state index contributed by atoms with van der Waals surface area (Å²) in [4.78, 5) is 42.7. The Bertz CT molecular complexity index is 1010. The summed E-state index contributed by atoms with van der Waals surface area (Å²) in [6, 6.07) is 0. The number of hydrogen-bond acceptors (Lipinski definition) is 7. The number of phosphoric ester groups is 1. The van der Waals surface area contributed by atoms with Crippen molar-refractivity contribution in [2.75, 3.05) is 13.2 Å². The fourth-order valence-corrected chi connectivity index (χ4v) is 5.33. The molecule has 0 radical (unpaired) electrons. The number of aliphatic hydroxyl groups is 1. The molecule has 0 heterocycles. The summed E-state index contributed by atoms with van der Waals surface area (Å²) >= 11 is 0. The zero-order chi connectivity index (χ0) is 37.0. The highest BCUT2D eigenvalue weighted by molar-refractivity contribution is 7.46. The molecule has 0 saturated heterocycles. The molecule has 0 aliphatic heterocycles. The van der Waals surface area contributed by atoms with E-state index < -0.39 is 38.6 Å². The van der Waals surface area contributed by atoms with E-state index in [2.05, 4.69) is 48.8 Å². The average molecular weight is 725 g/mol. The molecule has 0 saturated carbocycles. The Hall–Kier alpha value is -2.29. The van der Waals surface area contributed by atoms with E-state index in [0.717, 1.165) is 83.5 Å². The lowest BCUT2D eigenvalue weighted by molar-refractivity contribution is -0.161. The standard InChI is InChI=1S/C40H69O9P/c1-3-5-7-8-9-10-11-12-13-14-15-16-19-23-26-30-34-40(43)49-38(36-48-50(44,45)46)35-47-39(42)33-29-25-22-20-17-18-21-24-28-32-37(41)31-27-6-4-2/h6,9-10,12-13,21,24,27-28,32,37-38,41H,3-5,7-8,11,14-20,22-23,25-26,29-31,33-36H2,1-2H3,(H2,44,45,46)/b10-9-,13-12-,24-21+,27-6+,32-28+/t37?,38-/m1/s1. The number of carbonyl (C=O) groups is 2. The molecular formula is C40H69O9P. The van der Waals surface area contributed by atoms with Gasteiger partial charge in [-0.1, -0.05) is 132 Å². The van der Waals surface area contributed by atoms with Crippen molar-refractivity contribution in [3.05, 3.63) is 60.8 Å². The van der Waals surface area contributed by atoms with Crippen molar-refractivity contribution in [1.82, 2.24) is 0 Å². The summed E-state index contributed by atoms with van der Waals surface area (Å²) in [5.41, 5.74) is 0. The minimum atomic E-state index is -4.77. The minimum Gasteiger partial charge on any atom is -0.462 e. The van der Waals surface area contributed by atoms with Gasteiger partial charge in [-0.25, -0.2) is 4.57 Å². The van der Waals surface area contributed by atoms with Crippen LogP contribution in [0.25, 0.3) is 0 Å². The first-order chi connectivity index (χ1) is 24.2. The van der Waals surface area contributed by atoms with Crippen LogP contribution in [0.5, 0.6) is 0 Å². The van der Waals surface area contributed by atoms with Gasteiger partial charge in [-0.15, -0.1) is 0 Å². The van der Waals surface area contributed by atoms with Gasteiger partial charge in [0.05, 0.1) is 12.7 Å². The van der Waals surface area contributed by atoms with Gasteiger partial charge in [0.25, 0.3) is 0 Å². The van der Waals surface area contributed by atoms with Gasteiger partial charge in [0, 0.05) is 12.8 Å². The molecule has 0 bridgehead atoms. The third-order valence-electron chi connectivity index (χ3n) is 7.85. The van der Waals surface area contributed by atoms with Crippen LogP contribution >= 0.6 is 7.82 Å². The molecule has 50 heavy (non-hydrogen) atoms. The van der Waals surface area contributed by atoms with Crippen LogP contribution in [0.4, 0.5) is 0 Å². The van der Waals surface area contributed by atoms with Gasteiger partial charge in [-0.3, -0.25) is 14.1 Å². The first-order valence-electron chi connectivity index (χ1n) is 19.2. The molecule has 0 aromatic rings. The number of allylic oxidation sites excluding steroid dienone is 8. The Balaban J connectivity index is 4.06. The molecule has 1 unspecified atom stereocenters. The minimum absolute atomic E-state index is 0.182. The third kappa shape index (κ3) is 37.0. The highest BCUT2D eigenvalue weighted by Gasteiger charge is 2.22. The fourth-order valence-electron chi connectivity index (χ4n) is 4.97. The van der Waals surface area contributed by atoms with Crippen LogP contribution in [0.3, 0.4) is 0 Å². The van der Waals surface area contributed by atoms with E-state index in [9.17, 15) is 19.3 Å². The second-order valence-corrected chi connectivity index (χ2v) is 14.0. The summed E-state index contributed by atoms with van der Waals surface area (Å²) < 4.78 is 26.3. The first-order valence-corrected chi connectivity index (χ1v) is 20.7. The van der Waals surface area contributed by atoms with Crippen molar-refractivity contribution >= 4 is 19.8 Å². The molecule has 0 aliphatic carbocycles. The Morgan fingerprint density at radius 3 is 1.80 bits per heavy atom. The molecule has 0 aliphatic rings. The Kier molecular flexibility index (Phi) is 33.5. The van der Waals surface area contributed by atoms with Crippen molar-refractivity contribution in [3.63, 3.8) is 0 Å². The van der Waals surface area contributed by atoms with E-state index in [1.165, 1.54) is 25.7 Å². The van der Waals surface area contributed by atoms with Gasteiger partial charge < -0.3 is 24.4 Å². The van der Waals surface area contributed by atoms with Crippen molar-refractivity contribution in [3.8, 4) is 0 Å². The second-order valence-electron chi connectivity index (χ2n) is 12.7. The Labute approximate surface area is 303 Å². The maximum absolute atomic E-state index is 12.4. The number of phosphoric acid groups is 1. The number of carbonyl (C=O) groups excluding carboxylic acids is 2. The van der Waals surface area contributed by atoms with Crippen molar-refractivity contribution < 1.29 is 43.0 Å². The quantitative estimate of drug-likeness (QED) is 0.0194. The summed E-state index contributed by atoms with van der Waals surface area (Å²) in [7, 11) is -4.77. The predicted octanol–water partition coefficient (Wildman–Crippen LogP) is 10.3. The number of aliphatic hydroxyl groups excluding tert-OH is 1. The molecule has 0 amide bonds. The zero-order valence-corrected chi connectivity index (χ0v) is 32.0. The van der Waals surface area contributed by atoms with Gasteiger partial charge >= 0.3 is 19.8 Å². The van der Waals surface area contributed by atoms with Gasteiger partial charge in [0.15, 0.2) is 6.10 Å². The lowest BCUT2D eigenvalue weighted by Gasteiger charge is -2.18. The summed E-state index contributed by atoms with van der Waals surface area (Å²) in [5, 5.41) is 9.83. The maximum atomic E-state index is 12.4. The number of unbranched alkanes of at least 4 members (excludes halogenated alkanes) is 14. The van der Waals surface area contributed by atoms with Gasteiger partial charge in [-0.05, 0) is 70.6 Å². The SMILES string of the molecule is CC/C=C/CC(O)/C=C/C=C/CCCCCCCC(=O)OC[C@H](COP(=O)(O)O)OC(=O)CCCCCCCC/C=C\C/C=C\CCCCC. The van der Waals surface area contributed by atoms with E-state index in [-0.39, 0.29) is 19.4 Å².